The number of halogens is 3. The normalized spacial score (nSPS) is 14.1. The van der Waals surface area contributed by atoms with Gasteiger partial charge in [-0.25, -0.2) is 0 Å². The zero-order valence-corrected chi connectivity index (χ0v) is 16.2. The molecule has 1 atom stereocenters. The predicted octanol–water partition coefficient (Wildman–Crippen LogP) is 5.54. The molecule has 3 rings (SSSR count). The minimum absolute atomic E-state index is 0.194. The van der Waals surface area contributed by atoms with Crippen molar-refractivity contribution in [1.29, 1.82) is 0 Å². The van der Waals surface area contributed by atoms with E-state index in [1.165, 1.54) is 23.9 Å². The van der Waals surface area contributed by atoms with Gasteiger partial charge in [0.1, 0.15) is 13.2 Å². The van der Waals surface area contributed by atoms with E-state index in [1.807, 2.05) is 25.1 Å². The van der Waals surface area contributed by atoms with Crippen molar-refractivity contribution in [2.45, 2.75) is 17.1 Å². The fourth-order valence-corrected chi connectivity index (χ4v) is 3.70. The van der Waals surface area contributed by atoms with Crippen LogP contribution in [0.15, 0.2) is 35.2 Å². The predicted molar refractivity (Wildman–Crippen MR) is 103 cm³/mol. The van der Waals surface area contributed by atoms with Crippen LogP contribution in [-0.2, 0) is 4.79 Å². The van der Waals surface area contributed by atoms with Crippen LogP contribution in [0.2, 0.25) is 15.1 Å². The Morgan fingerprint density at radius 1 is 1.04 bits per heavy atom. The minimum atomic E-state index is -0.354. The SMILES string of the molecule is C[C@H](Sc1ccc2c(c1)OCCO2)C(=O)Nc1cc(Cl)c(Cl)cc1Cl. The second-order valence-electron chi connectivity index (χ2n) is 5.30. The fraction of sp³-hybridized carbons (Fsp3) is 0.235. The molecule has 1 N–H and O–H groups in total. The second kappa shape index (κ2) is 7.96. The largest absolute Gasteiger partial charge is 0.486 e. The number of fused-ring (bicyclic) bond motifs is 1. The van der Waals surface area contributed by atoms with E-state index in [0.717, 1.165) is 10.6 Å². The van der Waals surface area contributed by atoms with Gasteiger partial charge in [-0.15, -0.1) is 11.8 Å². The van der Waals surface area contributed by atoms with Crippen molar-refractivity contribution in [3.05, 3.63) is 45.4 Å². The van der Waals surface area contributed by atoms with Crippen molar-refractivity contribution in [2.75, 3.05) is 18.5 Å². The lowest BCUT2D eigenvalue weighted by atomic mass is 10.3. The number of carbonyl (C=O) groups excluding carboxylic acids is 1. The molecule has 0 aromatic heterocycles. The molecule has 0 saturated carbocycles. The molecule has 1 aliphatic heterocycles. The molecule has 0 radical (unpaired) electrons. The molecule has 25 heavy (non-hydrogen) atoms. The van der Waals surface area contributed by atoms with E-state index in [0.29, 0.717) is 39.7 Å². The first-order chi connectivity index (χ1) is 11.9. The number of benzene rings is 2. The standard InChI is InChI=1S/C17H14Cl3NO3S/c1-9(17(22)21-14-8-12(19)11(18)7-13(14)20)25-10-2-3-15-16(6-10)24-5-4-23-15/h2-3,6-9H,4-5H2,1H3,(H,21,22)/t9-/m0/s1. The van der Waals surface area contributed by atoms with Gasteiger partial charge < -0.3 is 14.8 Å². The number of rotatable bonds is 4. The molecule has 1 amide bonds. The third kappa shape index (κ3) is 4.47. The molecule has 2 aromatic rings. The first kappa shape index (κ1) is 18.5. The van der Waals surface area contributed by atoms with E-state index in [2.05, 4.69) is 5.32 Å². The van der Waals surface area contributed by atoms with Gasteiger partial charge in [0.2, 0.25) is 5.91 Å². The summed E-state index contributed by atoms with van der Waals surface area (Å²) in [4.78, 5) is 13.3. The average molecular weight is 419 g/mol. The van der Waals surface area contributed by atoms with E-state index in [4.69, 9.17) is 44.3 Å². The minimum Gasteiger partial charge on any atom is -0.486 e. The van der Waals surface area contributed by atoms with E-state index < -0.39 is 0 Å². The van der Waals surface area contributed by atoms with Crippen LogP contribution in [-0.4, -0.2) is 24.4 Å². The van der Waals surface area contributed by atoms with Gasteiger partial charge in [-0.3, -0.25) is 4.79 Å². The quantitative estimate of drug-likeness (QED) is 0.523. The van der Waals surface area contributed by atoms with E-state index in [9.17, 15) is 4.79 Å². The molecule has 8 heteroatoms. The van der Waals surface area contributed by atoms with E-state index >= 15 is 0 Å². The molecule has 0 fully saturated rings. The number of anilines is 1. The van der Waals surface area contributed by atoms with Gasteiger partial charge in [0.05, 0.1) is 26.0 Å². The van der Waals surface area contributed by atoms with Crippen molar-refractivity contribution >= 4 is 58.2 Å². The van der Waals surface area contributed by atoms with Crippen molar-refractivity contribution < 1.29 is 14.3 Å². The van der Waals surface area contributed by atoms with Gasteiger partial charge in [-0.1, -0.05) is 34.8 Å². The first-order valence-corrected chi connectivity index (χ1v) is 9.47. The molecule has 0 bridgehead atoms. The molecule has 132 valence electrons. The Morgan fingerprint density at radius 2 is 1.72 bits per heavy atom. The van der Waals surface area contributed by atoms with Crippen molar-refractivity contribution in [3.63, 3.8) is 0 Å². The number of carbonyl (C=O) groups is 1. The summed E-state index contributed by atoms with van der Waals surface area (Å²) in [6.07, 6.45) is 0. The van der Waals surface area contributed by atoms with Crippen LogP contribution in [0.3, 0.4) is 0 Å². The Balaban J connectivity index is 1.68. The molecule has 0 spiro atoms. The van der Waals surface area contributed by atoms with Crippen molar-refractivity contribution in [1.82, 2.24) is 0 Å². The Morgan fingerprint density at radius 3 is 2.48 bits per heavy atom. The molecular weight excluding hydrogens is 405 g/mol. The van der Waals surface area contributed by atoms with Crippen LogP contribution in [0.1, 0.15) is 6.92 Å². The molecule has 0 saturated heterocycles. The lowest BCUT2D eigenvalue weighted by molar-refractivity contribution is -0.115. The summed E-state index contributed by atoms with van der Waals surface area (Å²) < 4.78 is 11.1. The van der Waals surface area contributed by atoms with Crippen LogP contribution in [0, 0.1) is 0 Å². The first-order valence-electron chi connectivity index (χ1n) is 7.46. The summed E-state index contributed by atoms with van der Waals surface area (Å²) in [6.45, 7) is 2.87. The number of hydrogen-bond acceptors (Lipinski definition) is 4. The number of thioether (sulfide) groups is 1. The van der Waals surface area contributed by atoms with E-state index in [1.54, 1.807) is 0 Å². The Kier molecular flexibility index (Phi) is 5.89. The van der Waals surface area contributed by atoms with Gasteiger partial charge in [0, 0.05) is 4.90 Å². The van der Waals surface area contributed by atoms with Gasteiger partial charge >= 0.3 is 0 Å². The summed E-state index contributed by atoms with van der Waals surface area (Å²) in [5, 5.41) is 3.41. The van der Waals surface area contributed by atoms with E-state index in [-0.39, 0.29) is 11.2 Å². The highest BCUT2D eigenvalue weighted by molar-refractivity contribution is 8.00. The van der Waals surface area contributed by atoms with Crippen LogP contribution in [0.5, 0.6) is 11.5 Å². The van der Waals surface area contributed by atoms with Gasteiger partial charge in [0.15, 0.2) is 11.5 Å². The molecule has 1 heterocycles. The van der Waals surface area contributed by atoms with Crippen molar-refractivity contribution in [2.24, 2.45) is 0 Å². The number of hydrogen-bond donors (Lipinski definition) is 1. The Bertz CT molecular complexity index is 816. The molecule has 0 aliphatic carbocycles. The maximum absolute atomic E-state index is 12.4. The lowest BCUT2D eigenvalue weighted by Crippen LogP contribution is -2.22. The highest BCUT2D eigenvalue weighted by Gasteiger charge is 2.19. The molecule has 1 aliphatic rings. The highest BCUT2D eigenvalue weighted by atomic mass is 35.5. The summed E-state index contributed by atoms with van der Waals surface area (Å²) in [7, 11) is 0. The second-order valence-corrected chi connectivity index (χ2v) is 7.94. The van der Waals surface area contributed by atoms with Crippen LogP contribution < -0.4 is 14.8 Å². The Labute approximate surface area is 164 Å². The molecule has 2 aromatic carbocycles. The number of ether oxygens (including phenoxy) is 2. The maximum Gasteiger partial charge on any atom is 0.237 e. The van der Waals surface area contributed by atoms with Crippen LogP contribution in [0.4, 0.5) is 5.69 Å². The summed E-state index contributed by atoms with van der Waals surface area (Å²) in [5.74, 6) is 1.21. The highest BCUT2D eigenvalue weighted by Crippen LogP contribution is 2.36. The lowest BCUT2D eigenvalue weighted by Gasteiger charge is -2.19. The zero-order chi connectivity index (χ0) is 18.0. The zero-order valence-electron chi connectivity index (χ0n) is 13.1. The molecular formula is C17H14Cl3NO3S. The van der Waals surface area contributed by atoms with Crippen molar-refractivity contribution in [3.8, 4) is 11.5 Å². The smallest absolute Gasteiger partial charge is 0.237 e. The third-order valence-corrected chi connectivity index (χ3v) is 5.59. The van der Waals surface area contributed by atoms with Crippen LogP contribution in [0.25, 0.3) is 0 Å². The van der Waals surface area contributed by atoms with Gasteiger partial charge in [-0.2, -0.15) is 0 Å². The fourth-order valence-electron chi connectivity index (χ4n) is 2.21. The van der Waals surface area contributed by atoms with Crippen LogP contribution >= 0.6 is 46.6 Å². The Hall–Kier alpha value is -1.27. The summed E-state index contributed by atoms with van der Waals surface area (Å²) >= 11 is 19.4. The average Bonchev–Trinajstić information content (AvgIpc) is 2.59. The molecule has 4 nitrogen and oxygen atoms in total. The maximum atomic E-state index is 12.4. The summed E-state index contributed by atoms with van der Waals surface area (Å²) in [5.41, 5.74) is 0.427. The van der Waals surface area contributed by atoms with Gasteiger partial charge in [-0.05, 0) is 37.3 Å². The molecule has 0 unspecified atom stereocenters. The summed E-state index contributed by atoms with van der Waals surface area (Å²) in [6, 6.07) is 8.64. The third-order valence-electron chi connectivity index (χ3n) is 3.46. The number of amides is 1. The topological polar surface area (TPSA) is 47.6 Å². The van der Waals surface area contributed by atoms with Gasteiger partial charge in [0.25, 0.3) is 0 Å². The monoisotopic (exact) mass is 417 g/mol. The number of nitrogens with one attached hydrogen (secondary N) is 1.